The van der Waals surface area contributed by atoms with Gasteiger partial charge in [0, 0.05) is 58.1 Å². The fourth-order valence-corrected chi connectivity index (χ4v) is 2.33. The molecule has 1 fully saturated rings. The molecular formula is C14H22N4O. The summed E-state index contributed by atoms with van der Waals surface area (Å²) in [6, 6.07) is 4.08. The smallest absolute Gasteiger partial charge is 0.219 e. The van der Waals surface area contributed by atoms with Crippen molar-refractivity contribution >= 4 is 11.6 Å². The van der Waals surface area contributed by atoms with Crippen molar-refractivity contribution in [2.24, 2.45) is 0 Å². The van der Waals surface area contributed by atoms with Crippen LogP contribution in [0.2, 0.25) is 0 Å². The van der Waals surface area contributed by atoms with E-state index in [-0.39, 0.29) is 5.91 Å². The normalized spacial score (nSPS) is 16.4. The zero-order valence-electron chi connectivity index (χ0n) is 11.7. The molecule has 0 atom stereocenters. The number of anilines is 1. The zero-order chi connectivity index (χ0) is 13.7. The second kappa shape index (κ2) is 6.52. The molecular weight excluding hydrogens is 240 g/mol. The number of rotatable bonds is 4. The summed E-state index contributed by atoms with van der Waals surface area (Å²) in [5.74, 6) is 0.173. The van der Waals surface area contributed by atoms with Gasteiger partial charge in [-0.25, -0.2) is 0 Å². The molecule has 5 nitrogen and oxygen atoms in total. The van der Waals surface area contributed by atoms with Crippen LogP contribution >= 0.6 is 0 Å². The molecule has 1 aliphatic rings. The van der Waals surface area contributed by atoms with Gasteiger partial charge in [0.2, 0.25) is 5.91 Å². The molecule has 1 aliphatic heterocycles. The standard InChI is InChI=1S/C14H22N4O/c1-3-15-13-4-5-16-14(10-13)11-17-6-8-18(9-7-17)12(2)19/h4-5,10H,3,6-9,11H2,1-2H3,(H,15,16). The van der Waals surface area contributed by atoms with Gasteiger partial charge in [-0.15, -0.1) is 0 Å². The van der Waals surface area contributed by atoms with Gasteiger partial charge in [-0.1, -0.05) is 0 Å². The minimum absolute atomic E-state index is 0.173. The number of hydrogen-bond donors (Lipinski definition) is 1. The Morgan fingerprint density at radius 2 is 2.11 bits per heavy atom. The highest BCUT2D eigenvalue weighted by Crippen LogP contribution is 2.11. The molecule has 2 heterocycles. The number of carbonyl (C=O) groups excluding carboxylic acids is 1. The summed E-state index contributed by atoms with van der Waals surface area (Å²) >= 11 is 0. The topological polar surface area (TPSA) is 48.5 Å². The predicted octanol–water partition coefficient (Wildman–Crippen LogP) is 1.18. The van der Waals surface area contributed by atoms with Gasteiger partial charge < -0.3 is 10.2 Å². The Hall–Kier alpha value is -1.62. The third kappa shape index (κ3) is 3.92. The Bertz CT molecular complexity index is 427. The number of carbonyl (C=O) groups is 1. The average molecular weight is 262 g/mol. The van der Waals surface area contributed by atoms with E-state index in [1.54, 1.807) is 6.92 Å². The summed E-state index contributed by atoms with van der Waals surface area (Å²) in [6.45, 7) is 8.98. The van der Waals surface area contributed by atoms with Crippen molar-refractivity contribution in [3.05, 3.63) is 24.0 Å². The first kappa shape index (κ1) is 13.8. The largest absolute Gasteiger partial charge is 0.385 e. The first-order valence-electron chi connectivity index (χ1n) is 6.85. The van der Waals surface area contributed by atoms with E-state index in [1.807, 2.05) is 17.2 Å². The lowest BCUT2D eigenvalue weighted by molar-refractivity contribution is -0.130. The third-order valence-electron chi connectivity index (χ3n) is 3.40. The SMILES string of the molecule is CCNc1ccnc(CN2CCN(C(C)=O)CC2)c1. The number of nitrogens with zero attached hydrogens (tertiary/aromatic N) is 3. The average Bonchev–Trinajstić information content (AvgIpc) is 2.40. The van der Waals surface area contributed by atoms with Crippen molar-refractivity contribution < 1.29 is 4.79 Å². The highest BCUT2D eigenvalue weighted by atomic mass is 16.2. The summed E-state index contributed by atoms with van der Waals surface area (Å²) in [6.07, 6.45) is 1.85. The summed E-state index contributed by atoms with van der Waals surface area (Å²) in [5, 5.41) is 3.30. The second-order valence-electron chi connectivity index (χ2n) is 4.85. The Morgan fingerprint density at radius 1 is 1.37 bits per heavy atom. The number of pyridine rings is 1. The molecule has 5 heteroatoms. The van der Waals surface area contributed by atoms with Crippen molar-refractivity contribution in [2.45, 2.75) is 20.4 Å². The van der Waals surface area contributed by atoms with Crippen LogP contribution in [0.4, 0.5) is 5.69 Å². The molecule has 0 aromatic carbocycles. The van der Waals surface area contributed by atoms with Gasteiger partial charge in [0.15, 0.2) is 0 Å². The summed E-state index contributed by atoms with van der Waals surface area (Å²) in [4.78, 5) is 19.9. The molecule has 1 N–H and O–H groups in total. The van der Waals surface area contributed by atoms with Crippen LogP contribution in [0.1, 0.15) is 19.5 Å². The third-order valence-corrected chi connectivity index (χ3v) is 3.40. The Balaban J connectivity index is 1.88. The summed E-state index contributed by atoms with van der Waals surface area (Å²) < 4.78 is 0. The van der Waals surface area contributed by atoms with Crippen molar-refractivity contribution in [1.82, 2.24) is 14.8 Å². The van der Waals surface area contributed by atoms with Gasteiger partial charge >= 0.3 is 0 Å². The second-order valence-corrected chi connectivity index (χ2v) is 4.85. The maximum absolute atomic E-state index is 11.3. The summed E-state index contributed by atoms with van der Waals surface area (Å²) in [5.41, 5.74) is 2.20. The van der Waals surface area contributed by atoms with Crippen LogP contribution in [0.5, 0.6) is 0 Å². The number of hydrogen-bond acceptors (Lipinski definition) is 4. The number of amides is 1. The molecule has 104 valence electrons. The Morgan fingerprint density at radius 3 is 2.74 bits per heavy atom. The van der Waals surface area contributed by atoms with Crippen LogP contribution in [0.15, 0.2) is 18.3 Å². The first-order valence-corrected chi connectivity index (χ1v) is 6.85. The van der Waals surface area contributed by atoms with Gasteiger partial charge in [-0.3, -0.25) is 14.7 Å². The van der Waals surface area contributed by atoms with E-state index in [9.17, 15) is 4.79 Å². The maximum Gasteiger partial charge on any atom is 0.219 e. The molecule has 2 rings (SSSR count). The van der Waals surface area contributed by atoms with Crippen LogP contribution in [-0.4, -0.2) is 53.4 Å². The minimum Gasteiger partial charge on any atom is -0.385 e. The van der Waals surface area contributed by atoms with Crippen molar-refractivity contribution in [2.75, 3.05) is 38.0 Å². The molecule has 0 radical (unpaired) electrons. The molecule has 0 bridgehead atoms. The molecule has 0 saturated carbocycles. The fraction of sp³-hybridized carbons (Fsp3) is 0.571. The predicted molar refractivity (Wildman–Crippen MR) is 75.9 cm³/mol. The van der Waals surface area contributed by atoms with E-state index in [4.69, 9.17) is 0 Å². The van der Waals surface area contributed by atoms with Gasteiger partial charge in [0.25, 0.3) is 0 Å². The van der Waals surface area contributed by atoms with Gasteiger partial charge in [0.05, 0.1) is 5.69 Å². The van der Waals surface area contributed by atoms with Crippen LogP contribution in [0, 0.1) is 0 Å². The summed E-state index contributed by atoms with van der Waals surface area (Å²) in [7, 11) is 0. The van der Waals surface area contributed by atoms with E-state index >= 15 is 0 Å². The first-order chi connectivity index (χ1) is 9.19. The van der Waals surface area contributed by atoms with Crippen LogP contribution in [-0.2, 0) is 11.3 Å². The molecule has 1 amide bonds. The van der Waals surface area contributed by atoms with Crippen LogP contribution < -0.4 is 5.32 Å². The van der Waals surface area contributed by atoms with E-state index in [2.05, 4.69) is 28.2 Å². The lowest BCUT2D eigenvalue weighted by atomic mass is 10.2. The van der Waals surface area contributed by atoms with Crippen LogP contribution in [0.25, 0.3) is 0 Å². The van der Waals surface area contributed by atoms with E-state index in [1.165, 1.54) is 0 Å². The molecule has 0 unspecified atom stereocenters. The molecule has 1 aromatic heterocycles. The molecule has 19 heavy (non-hydrogen) atoms. The fourth-order valence-electron chi connectivity index (χ4n) is 2.33. The highest BCUT2D eigenvalue weighted by Gasteiger charge is 2.18. The molecule has 1 aromatic rings. The minimum atomic E-state index is 0.173. The molecule has 1 saturated heterocycles. The number of nitrogens with one attached hydrogen (secondary N) is 1. The number of aromatic nitrogens is 1. The lowest BCUT2D eigenvalue weighted by Gasteiger charge is -2.33. The van der Waals surface area contributed by atoms with E-state index in [0.29, 0.717) is 0 Å². The van der Waals surface area contributed by atoms with Gasteiger partial charge in [-0.2, -0.15) is 0 Å². The lowest BCUT2D eigenvalue weighted by Crippen LogP contribution is -2.47. The van der Waals surface area contributed by atoms with Crippen molar-refractivity contribution in [1.29, 1.82) is 0 Å². The Labute approximate surface area is 114 Å². The highest BCUT2D eigenvalue weighted by molar-refractivity contribution is 5.73. The number of piperazine rings is 1. The maximum atomic E-state index is 11.3. The van der Waals surface area contributed by atoms with Gasteiger partial charge in [0.1, 0.15) is 0 Å². The van der Waals surface area contributed by atoms with Gasteiger partial charge in [-0.05, 0) is 19.1 Å². The molecule has 0 spiro atoms. The quantitative estimate of drug-likeness (QED) is 0.885. The zero-order valence-corrected chi connectivity index (χ0v) is 11.7. The van der Waals surface area contributed by atoms with Crippen LogP contribution in [0.3, 0.4) is 0 Å². The van der Waals surface area contributed by atoms with E-state index < -0.39 is 0 Å². The Kier molecular flexibility index (Phi) is 4.74. The van der Waals surface area contributed by atoms with Crippen molar-refractivity contribution in [3.8, 4) is 0 Å². The van der Waals surface area contributed by atoms with E-state index in [0.717, 1.165) is 50.6 Å². The van der Waals surface area contributed by atoms with Crippen molar-refractivity contribution in [3.63, 3.8) is 0 Å². The molecule has 0 aliphatic carbocycles. The monoisotopic (exact) mass is 262 g/mol.